The zero-order chi connectivity index (χ0) is 25.5. The van der Waals surface area contributed by atoms with Crippen LogP contribution in [0.5, 0.6) is 0 Å². The largest absolute Gasteiger partial charge is 0.416 e. The van der Waals surface area contributed by atoms with Crippen molar-refractivity contribution in [3.63, 3.8) is 0 Å². The minimum Gasteiger partial charge on any atom is -0.334 e. The second-order valence-electron chi connectivity index (χ2n) is 7.85. The summed E-state index contributed by atoms with van der Waals surface area (Å²) in [6.45, 7) is 0. The molecule has 2 heterocycles. The van der Waals surface area contributed by atoms with E-state index in [-0.39, 0.29) is 23.0 Å². The van der Waals surface area contributed by atoms with Crippen LogP contribution < -0.4 is 5.32 Å². The quantitative estimate of drug-likeness (QED) is 0.517. The van der Waals surface area contributed by atoms with E-state index in [9.17, 15) is 35.9 Å². The van der Waals surface area contributed by atoms with Crippen LogP contribution in [0.1, 0.15) is 44.6 Å². The number of fused-ring (bicyclic) bond motifs is 1. The molecule has 0 aliphatic carbocycles. The van der Waals surface area contributed by atoms with Gasteiger partial charge in [0.2, 0.25) is 5.91 Å². The highest BCUT2D eigenvalue weighted by Crippen LogP contribution is 2.45. The zero-order valence-electron chi connectivity index (χ0n) is 17.9. The number of hydrogen-bond acceptors (Lipinski definition) is 4. The van der Waals surface area contributed by atoms with Gasteiger partial charge in [0.1, 0.15) is 12.1 Å². The molecule has 2 amide bonds. The lowest BCUT2D eigenvalue weighted by Crippen LogP contribution is -2.44. The van der Waals surface area contributed by atoms with Crippen LogP contribution in [0, 0.1) is 0 Å². The average Bonchev–Trinajstić information content (AvgIpc) is 2.80. The van der Waals surface area contributed by atoms with Gasteiger partial charge in [0.25, 0.3) is 5.91 Å². The number of anilines is 1. The molecule has 2 aromatic carbocycles. The van der Waals surface area contributed by atoms with Gasteiger partial charge in [-0.1, -0.05) is 18.2 Å². The minimum atomic E-state index is -5.09. The predicted octanol–water partition coefficient (Wildman–Crippen LogP) is 5.06. The Kier molecular flexibility index (Phi) is 5.99. The van der Waals surface area contributed by atoms with Gasteiger partial charge in [-0.2, -0.15) is 26.3 Å². The molecule has 0 saturated carbocycles. The fourth-order valence-electron chi connectivity index (χ4n) is 4.09. The summed E-state index contributed by atoms with van der Waals surface area (Å²) in [6, 6.07) is 6.88. The maximum atomic E-state index is 13.5. The molecule has 35 heavy (non-hydrogen) atoms. The number of amides is 2. The number of halogens is 6. The molecule has 2 unspecified atom stereocenters. The molecule has 1 aromatic heterocycles. The molecular weight excluding hydrogens is 478 g/mol. The molecule has 1 aliphatic rings. The molecule has 3 aromatic rings. The lowest BCUT2D eigenvalue weighted by atomic mass is 9.78. The van der Waals surface area contributed by atoms with Crippen LogP contribution in [-0.4, -0.2) is 33.7 Å². The Balaban J connectivity index is 1.92. The molecule has 2 atom stereocenters. The first kappa shape index (κ1) is 24.2. The molecule has 4 rings (SSSR count). The van der Waals surface area contributed by atoms with Gasteiger partial charge >= 0.3 is 12.4 Å². The van der Waals surface area contributed by atoms with Crippen molar-refractivity contribution in [3.05, 3.63) is 88.9 Å². The third kappa shape index (κ3) is 4.68. The number of carbonyl (C=O) groups is 2. The zero-order valence-corrected chi connectivity index (χ0v) is 17.9. The molecular formula is C23H16F6N4O2. The molecule has 0 spiro atoms. The maximum absolute atomic E-state index is 13.5. The summed E-state index contributed by atoms with van der Waals surface area (Å²) in [4.78, 5) is 35.0. The summed E-state index contributed by atoms with van der Waals surface area (Å²) in [5.74, 6) is -2.69. The third-order valence-corrected chi connectivity index (χ3v) is 5.65. The number of nitrogens with zero attached hydrogens (tertiary/aromatic N) is 3. The number of alkyl halides is 6. The van der Waals surface area contributed by atoms with Crippen molar-refractivity contribution in [2.45, 2.75) is 24.3 Å². The number of carbonyl (C=O) groups excluding carboxylic acids is 2. The van der Waals surface area contributed by atoms with Gasteiger partial charge in [-0.25, -0.2) is 9.97 Å². The highest BCUT2D eigenvalue weighted by atomic mass is 19.4. The molecule has 0 saturated heterocycles. The molecule has 0 fully saturated rings. The Morgan fingerprint density at radius 1 is 0.971 bits per heavy atom. The normalized spacial score (nSPS) is 18.3. The first-order valence-electron chi connectivity index (χ1n) is 10.1. The van der Waals surface area contributed by atoms with Crippen molar-refractivity contribution < 1.29 is 35.9 Å². The predicted molar refractivity (Wildman–Crippen MR) is 111 cm³/mol. The molecule has 0 bridgehead atoms. The molecule has 1 aliphatic heterocycles. The highest BCUT2D eigenvalue weighted by Gasteiger charge is 2.45. The monoisotopic (exact) mass is 494 g/mol. The van der Waals surface area contributed by atoms with Crippen molar-refractivity contribution >= 4 is 17.6 Å². The van der Waals surface area contributed by atoms with Crippen LogP contribution in [0.3, 0.4) is 0 Å². The minimum absolute atomic E-state index is 0.00192. The van der Waals surface area contributed by atoms with Crippen LogP contribution >= 0.6 is 0 Å². The van der Waals surface area contributed by atoms with Gasteiger partial charge in [0.05, 0.1) is 23.1 Å². The van der Waals surface area contributed by atoms with E-state index in [4.69, 9.17) is 0 Å². The Labute approximate surface area is 194 Å². The summed E-state index contributed by atoms with van der Waals surface area (Å²) in [7, 11) is 1.22. The number of nitrogens with one attached hydrogen (secondary N) is 1. The lowest BCUT2D eigenvalue weighted by molar-refractivity contribution is -0.143. The van der Waals surface area contributed by atoms with Gasteiger partial charge < -0.3 is 10.2 Å². The molecule has 182 valence electrons. The number of benzene rings is 2. The standard InChI is InChI=1S/C23H16F6N4O2/c1-33-19(12-8-13(22(24,25)26)10-14(9-12)23(27,28)29)18(15-4-2-3-5-16(15)21(33)35)20(34)32-17-6-7-30-11-31-17/h2-11,18-19H,1H3,(H,30,31,32,34). The Morgan fingerprint density at radius 3 is 2.17 bits per heavy atom. The van der Waals surface area contributed by atoms with E-state index in [1.807, 2.05) is 0 Å². The number of rotatable bonds is 3. The van der Waals surface area contributed by atoms with Gasteiger partial charge in [-0.3, -0.25) is 9.59 Å². The fourth-order valence-corrected chi connectivity index (χ4v) is 4.09. The first-order chi connectivity index (χ1) is 16.4. The van der Waals surface area contributed by atoms with E-state index in [2.05, 4.69) is 15.3 Å². The van der Waals surface area contributed by atoms with E-state index in [1.54, 1.807) is 0 Å². The lowest BCUT2D eigenvalue weighted by Gasteiger charge is -2.40. The fraction of sp³-hybridized carbons (Fsp3) is 0.217. The van der Waals surface area contributed by atoms with E-state index in [0.717, 1.165) is 11.2 Å². The number of aromatic nitrogens is 2. The summed E-state index contributed by atoms with van der Waals surface area (Å²) in [5.41, 5.74) is -3.30. The van der Waals surface area contributed by atoms with Crippen molar-refractivity contribution in [2.75, 3.05) is 12.4 Å². The van der Waals surface area contributed by atoms with Gasteiger partial charge in [-0.05, 0) is 41.5 Å². The molecule has 1 N–H and O–H groups in total. The van der Waals surface area contributed by atoms with E-state index in [1.165, 1.54) is 43.6 Å². The molecule has 0 radical (unpaired) electrons. The molecule has 12 heteroatoms. The van der Waals surface area contributed by atoms with Crippen LogP contribution in [-0.2, 0) is 17.1 Å². The number of likely N-dealkylation sites (N-methyl/N-ethyl adjacent to an activating group) is 1. The average molecular weight is 494 g/mol. The topological polar surface area (TPSA) is 75.2 Å². The Morgan fingerprint density at radius 2 is 1.60 bits per heavy atom. The van der Waals surface area contributed by atoms with E-state index in [0.29, 0.717) is 12.1 Å². The summed E-state index contributed by atoms with van der Waals surface area (Å²) >= 11 is 0. The van der Waals surface area contributed by atoms with Crippen LogP contribution in [0.2, 0.25) is 0 Å². The third-order valence-electron chi connectivity index (χ3n) is 5.65. The summed E-state index contributed by atoms with van der Waals surface area (Å²) in [5, 5.41) is 2.50. The Bertz CT molecular complexity index is 1240. The van der Waals surface area contributed by atoms with Crippen molar-refractivity contribution in [1.82, 2.24) is 14.9 Å². The SMILES string of the molecule is CN1C(=O)c2ccccc2C(C(=O)Nc2ccncn2)C1c1cc(C(F)(F)F)cc(C(F)(F)F)c1. The number of hydrogen-bond donors (Lipinski definition) is 1. The van der Waals surface area contributed by atoms with E-state index >= 15 is 0 Å². The second kappa shape index (κ2) is 8.67. The van der Waals surface area contributed by atoms with Crippen molar-refractivity contribution in [1.29, 1.82) is 0 Å². The van der Waals surface area contributed by atoms with Crippen molar-refractivity contribution in [3.8, 4) is 0 Å². The molecule has 6 nitrogen and oxygen atoms in total. The van der Waals surface area contributed by atoms with Gasteiger partial charge in [0, 0.05) is 18.8 Å². The second-order valence-corrected chi connectivity index (χ2v) is 7.85. The smallest absolute Gasteiger partial charge is 0.334 e. The van der Waals surface area contributed by atoms with Gasteiger partial charge in [0.15, 0.2) is 0 Å². The van der Waals surface area contributed by atoms with Gasteiger partial charge in [-0.15, -0.1) is 0 Å². The van der Waals surface area contributed by atoms with Crippen molar-refractivity contribution in [2.24, 2.45) is 0 Å². The summed E-state index contributed by atoms with van der Waals surface area (Å²) < 4.78 is 81.1. The highest BCUT2D eigenvalue weighted by molar-refractivity contribution is 6.04. The van der Waals surface area contributed by atoms with Crippen LogP contribution in [0.4, 0.5) is 32.2 Å². The summed E-state index contributed by atoms with van der Waals surface area (Å²) in [6.07, 6.45) is -7.69. The van der Waals surface area contributed by atoms with Crippen LogP contribution in [0.25, 0.3) is 0 Å². The van der Waals surface area contributed by atoms with E-state index < -0.39 is 52.8 Å². The first-order valence-corrected chi connectivity index (χ1v) is 10.1. The maximum Gasteiger partial charge on any atom is 0.416 e. The Hall–Kier alpha value is -3.96. The van der Waals surface area contributed by atoms with Crippen LogP contribution in [0.15, 0.2) is 61.1 Å².